The largest absolute Gasteiger partial charge is 0.321 e. The molecule has 126 valence electrons. The van der Waals surface area contributed by atoms with Crippen LogP contribution in [0.2, 0.25) is 5.15 Å². The minimum absolute atomic E-state index is 0.239. The van der Waals surface area contributed by atoms with Crippen LogP contribution in [0, 0.1) is 11.3 Å². The summed E-state index contributed by atoms with van der Waals surface area (Å²) < 4.78 is 2.05. The molecule has 0 unspecified atom stereocenters. The van der Waals surface area contributed by atoms with Crippen LogP contribution in [0.1, 0.15) is 36.6 Å². The lowest BCUT2D eigenvalue weighted by Crippen LogP contribution is -2.06. The maximum absolute atomic E-state index is 9.16. The van der Waals surface area contributed by atoms with Crippen LogP contribution in [0.5, 0.6) is 0 Å². The second-order valence-corrected chi connectivity index (χ2v) is 6.71. The molecule has 0 aliphatic rings. The molecule has 4 heteroatoms. The smallest absolute Gasteiger partial charge is 0.152 e. The third kappa shape index (κ3) is 3.75. The van der Waals surface area contributed by atoms with Crippen LogP contribution in [0.25, 0.3) is 11.4 Å². The molecule has 3 rings (SSSR count). The Morgan fingerprint density at radius 3 is 2.36 bits per heavy atom. The Bertz CT molecular complexity index is 887. The number of benzene rings is 2. The van der Waals surface area contributed by atoms with E-state index in [-0.39, 0.29) is 6.42 Å². The summed E-state index contributed by atoms with van der Waals surface area (Å²) in [6, 6.07) is 20.7. The molecule has 0 radical (unpaired) electrons. The van der Waals surface area contributed by atoms with Crippen LogP contribution in [0.15, 0.2) is 54.6 Å². The number of rotatable bonds is 5. The first-order chi connectivity index (χ1) is 12.1. The number of nitrogens with zero attached hydrogens (tertiary/aromatic N) is 3. The molecule has 0 saturated carbocycles. The highest BCUT2D eigenvalue weighted by molar-refractivity contribution is 6.30. The normalized spacial score (nSPS) is 10.8. The summed E-state index contributed by atoms with van der Waals surface area (Å²) in [4.78, 5) is 4.55. The molecule has 0 atom stereocenters. The summed E-state index contributed by atoms with van der Waals surface area (Å²) in [5.74, 6) is 1.28. The van der Waals surface area contributed by atoms with Gasteiger partial charge < -0.3 is 4.57 Å². The Morgan fingerprint density at radius 2 is 1.76 bits per heavy atom. The number of imidazole rings is 1. The lowest BCUT2D eigenvalue weighted by molar-refractivity contribution is 0.767. The van der Waals surface area contributed by atoms with Crippen molar-refractivity contribution in [1.82, 2.24) is 9.55 Å². The number of aromatic nitrogens is 2. The van der Waals surface area contributed by atoms with Crippen molar-refractivity contribution >= 4 is 11.6 Å². The van der Waals surface area contributed by atoms with Crippen LogP contribution in [0.4, 0.5) is 0 Å². The Hall–Kier alpha value is -2.57. The maximum Gasteiger partial charge on any atom is 0.152 e. The second kappa shape index (κ2) is 7.55. The molecule has 0 aliphatic carbocycles. The zero-order valence-electron chi connectivity index (χ0n) is 14.4. The quantitative estimate of drug-likeness (QED) is 0.615. The van der Waals surface area contributed by atoms with Crippen LogP contribution in [-0.2, 0) is 13.0 Å². The van der Waals surface area contributed by atoms with Gasteiger partial charge in [0.2, 0.25) is 0 Å². The molecule has 0 fully saturated rings. The Labute approximate surface area is 153 Å². The van der Waals surface area contributed by atoms with E-state index in [0.29, 0.717) is 17.6 Å². The molecule has 3 aromatic rings. The van der Waals surface area contributed by atoms with E-state index in [1.165, 1.54) is 5.56 Å². The molecule has 0 saturated heterocycles. The van der Waals surface area contributed by atoms with Crippen LogP contribution >= 0.6 is 11.6 Å². The molecular weight excluding hydrogens is 330 g/mol. The summed E-state index contributed by atoms with van der Waals surface area (Å²) in [7, 11) is 0. The van der Waals surface area contributed by atoms with Gasteiger partial charge in [0.05, 0.1) is 18.2 Å². The van der Waals surface area contributed by atoms with Crippen molar-refractivity contribution in [2.45, 2.75) is 32.7 Å². The molecule has 0 aliphatic heterocycles. The monoisotopic (exact) mass is 349 g/mol. The lowest BCUT2D eigenvalue weighted by atomic mass is 10.0. The molecule has 1 heterocycles. The summed E-state index contributed by atoms with van der Waals surface area (Å²) in [6.45, 7) is 4.99. The van der Waals surface area contributed by atoms with Crippen LogP contribution < -0.4 is 0 Å². The summed E-state index contributed by atoms with van der Waals surface area (Å²) in [5.41, 5.74) is 4.20. The van der Waals surface area contributed by atoms with E-state index in [0.717, 1.165) is 22.6 Å². The maximum atomic E-state index is 9.16. The minimum atomic E-state index is 0.239. The summed E-state index contributed by atoms with van der Waals surface area (Å²) in [5, 5.41) is 9.57. The molecule has 3 nitrogen and oxygen atoms in total. The van der Waals surface area contributed by atoms with E-state index in [1.54, 1.807) is 0 Å². The van der Waals surface area contributed by atoms with Gasteiger partial charge in [-0.05, 0) is 17.0 Å². The van der Waals surface area contributed by atoms with Crippen LogP contribution in [-0.4, -0.2) is 9.55 Å². The zero-order valence-corrected chi connectivity index (χ0v) is 15.2. The lowest BCUT2D eigenvalue weighted by Gasteiger charge is -2.12. The van der Waals surface area contributed by atoms with Crippen molar-refractivity contribution in [3.05, 3.63) is 76.6 Å². The Kier molecular flexibility index (Phi) is 5.21. The number of hydrogen-bond acceptors (Lipinski definition) is 2. The molecule has 0 bridgehead atoms. The van der Waals surface area contributed by atoms with Gasteiger partial charge in [0.15, 0.2) is 5.15 Å². The van der Waals surface area contributed by atoms with E-state index in [2.05, 4.69) is 61.3 Å². The third-order valence-corrected chi connectivity index (χ3v) is 4.59. The second-order valence-electron chi connectivity index (χ2n) is 6.36. The van der Waals surface area contributed by atoms with Gasteiger partial charge in [-0.2, -0.15) is 5.26 Å². The molecule has 0 spiro atoms. The highest BCUT2D eigenvalue weighted by atomic mass is 35.5. The number of hydrogen-bond donors (Lipinski definition) is 0. The topological polar surface area (TPSA) is 41.6 Å². The van der Waals surface area contributed by atoms with Gasteiger partial charge >= 0.3 is 0 Å². The zero-order chi connectivity index (χ0) is 17.8. The SMILES string of the molecule is CC(C)c1ccc(-c2nc(Cl)c(CC#N)n2Cc2ccccc2)cc1. The fourth-order valence-electron chi connectivity index (χ4n) is 2.87. The first kappa shape index (κ1) is 17.3. The molecule has 1 aromatic heterocycles. The van der Waals surface area contributed by atoms with Crippen molar-refractivity contribution in [2.24, 2.45) is 0 Å². The van der Waals surface area contributed by atoms with Crippen molar-refractivity contribution in [3.8, 4) is 17.5 Å². The minimum Gasteiger partial charge on any atom is -0.321 e. The van der Waals surface area contributed by atoms with E-state index in [4.69, 9.17) is 16.9 Å². The molecule has 0 amide bonds. The predicted molar refractivity (Wildman–Crippen MR) is 102 cm³/mol. The van der Waals surface area contributed by atoms with Gasteiger partial charge in [-0.25, -0.2) is 4.98 Å². The van der Waals surface area contributed by atoms with Crippen molar-refractivity contribution in [3.63, 3.8) is 0 Å². The number of nitriles is 1. The van der Waals surface area contributed by atoms with Crippen LogP contribution in [0.3, 0.4) is 0 Å². The van der Waals surface area contributed by atoms with Crippen molar-refractivity contribution in [1.29, 1.82) is 5.26 Å². The standard InChI is InChI=1S/C21H20ClN3/c1-15(2)17-8-10-18(11-9-17)21-24-20(22)19(12-13-23)25(21)14-16-6-4-3-5-7-16/h3-11,15H,12,14H2,1-2H3. The Morgan fingerprint density at radius 1 is 1.08 bits per heavy atom. The van der Waals surface area contributed by atoms with Crippen molar-refractivity contribution in [2.75, 3.05) is 0 Å². The van der Waals surface area contributed by atoms with Gasteiger partial charge in [-0.1, -0.05) is 80.0 Å². The van der Waals surface area contributed by atoms with Gasteiger partial charge in [0.1, 0.15) is 5.82 Å². The van der Waals surface area contributed by atoms with E-state index < -0.39 is 0 Å². The fraction of sp³-hybridized carbons (Fsp3) is 0.238. The van der Waals surface area contributed by atoms with Crippen molar-refractivity contribution < 1.29 is 0 Å². The average molecular weight is 350 g/mol. The first-order valence-corrected chi connectivity index (χ1v) is 8.74. The summed E-state index contributed by atoms with van der Waals surface area (Å²) in [6.07, 6.45) is 0.239. The molecule has 25 heavy (non-hydrogen) atoms. The predicted octanol–water partition coefficient (Wildman–Crippen LogP) is 5.44. The van der Waals surface area contributed by atoms with E-state index >= 15 is 0 Å². The number of halogens is 1. The molecular formula is C21H20ClN3. The van der Waals surface area contributed by atoms with Gasteiger partial charge in [0, 0.05) is 12.1 Å². The highest BCUT2D eigenvalue weighted by Crippen LogP contribution is 2.28. The highest BCUT2D eigenvalue weighted by Gasteiger charge is 2.17. The van der Waals surface area contributed by atoms with Gasteiger partial charge in [-0.15, -0.1) is 0 Å². The summed E-state index contributed by atoms with van der Waals surface area (Å²) >= 11 is 6.34. The van der Waals surface area contributed by atoms with Gasteiger partial charge in [0.25, 0.3) is 0 Å². The van der Waals surface area contributed by atoms with E-state index in [1.807, 2.05) is 22.8 Å². The average Bonchev–Trinajstić information content (AvgIpc) is 2.92. The van der Waals surface area contributed by atoms with E-state index in [9.17, 15) is 0 Å². The fourth-order valence-corrected chi connectivity index (χ4v) is 3.12. The van der Waals surface area contributed by atoms with Gasteiger partial charge in [-0.3, -0.25) is 0 Å². The molecule has 0 N–H and O–H groups in total. The first-order valence-electron chi connectivity index (χ1n) is 8.36. The third-order valence-electron chi connectivity index (χ3n) is 4.29. The Balaban J connectivity index is 2.06. The molecule has 2 aromatic carbocycles.